The van der Waals surface area contributed by atoms with Crippen LogP contribution in [0.3, 0.4) is 0 Å². The van der Waals surface area contributed by atoms with Crippen LogP contribution in [-0.4, -0.2) is 109 Å². The molecule has 1 aromatic heterocycles. The largest absolute Gasteiger partial charge is 0.497 e. The fraction of sp³-hybridized carbons (Fsp3) is 0.372. The van der Waals surface area contributed by atoms with Gasteiger partial charge in [0.25, 0.3) is 5.91 Å². The summed E-state index contributed by atoms with van der Waals surface area (Å²) in [6.07, 6.45) is 3.07. The molecule has 0 radical (unpaired) electrons. The van der Waals surface area contributed by atoms with E-state index < -0.39 is 26.0 Å². The number of fused-ring (bicyclic) bond motifs is 1. The van der Waals surface area contributed by atoms with Gasteiger partial charge in [-0.3, -0.25) is 14.4 Å². The van der Waals surface area contributed by atoms with Crippen molar-refractivity contribution in [2.24, 2.45) is 0 Å². The van der Waals surface area contributed by atoms with Crippen molar-refractivity contribution in [3.8, 4) is 22.6 Å². The summed E-state index contributed by atoms with van der Waals surface area (Å²) in [5.74, 6) is 0.726. The van der Waals surface area contributed by atoms with Crippen molar-refractivity contribution in [1.29, 1.82) is 0 Å². The van der Waals surface area contributed by atoms with Gasteiger partial charge in [-0.05, 0) is 88.7 Å². The number of amides is 1. The smallest absolute Gasteiger partial charge is 0.255 e. The standard InChI is InChI=1S/C43H52N6O8S2/c1-28-9-10-31(42(50)46-38-24-33(43(2,3)4)25-39(41(38)56-7)47-58(8,51)52)23-36(28)30-11-12-37-32(22-30)27-44-40(45-37)21-29-19-34(55-6)26-35(20-29)59(53,54)48(5)13-14-49-15-17-57-18-16-49/h9-12,19-20,22-27,47H,13-18,21H2,1-8H3,(H,46,50). The predicted octanol–water partition coefficient (Wildman–Crippen LogP) is 6.09. The number of nitrogens with one attached hydrogen (secondary N) is 2. The molecule has 0 aliphatic carbocycles. The molecule has 0 spiro atoms. The van der Waals surface area contributed by atoms with E-state index in [2.05, 4.69) is 19.9 Å². The number of benzene rings is 4. The van der Waals surface area contributed by atoms with Gasteiger partial charge < -0.3 is 19.5 Å². The fourth-order valence-corrected chi connectivity index (χ4v) is 8.63. The van der Waals surface area contributed by atoms with Gasteiger partial charge in [-0.25, -0.2) is 26.8 Å². The normalized spacial score (nSPS) is 14.1. The molecule has 0 saturated carbocycles. The van der Waals surface area contributed by atoms with Gasteiger partial charge in [0.2, 0.25) is 20.0 Å². The SMILES string of the molecule is COc1cc(Cc2ncc3cc(-c4cc(C(=O)Nc5cc(C(C)(C)C)cc(NS(C)(=O)=O)c5OC)ccc4C)ccc3n2)cc(S(=O)(=O)N(C)CCN2CCOCC2)c1. The number of morpholine rings is 1. The fourth-order valence-electron chi connectivity index (χ4n) is 6.83. The maximum Gasteiger partial charge on any atom is 0.255 e. The van der Waals surface area contributed by atoms with Crippen molar-refractivity contribution in [3.63, 3.8) is 0 Å². The Morgan fingerprint density at radius 3 is 2.34 bits per heavy atom. The van der Waals surface area contributed by atoms with Crippen molar-refractivity contribution >= 4 is 48.2 Å². The molecule has 4 aromatic carbocycles. The summed E-state index contributed by atoms with van der Waals surface area (Å²) in [7, 11) is -2.93. The maximum atomic E-state index is 13.8. The number of aryl methyl sites for hydroxylation is 1. The number of carbonyl (C=O) groups excluding carboxylic acids is 1. The summed E-state index contributed by atoms with van der Waals surface area (Å²) in [4.78, 5) is 25.6. The van der Waals surface area contributed by atoms with Crippen LogP contribution in [-0.2, 0) is 36.6 Å². The Bertz CT molecular complexity index is 2590. The van der Waals surface area contributed by atoms with Crippen LogP contribution in [0.1, 0.15) is 53.6 Å². The molecule has 2 heterocycles. The van der Waals surface area contributed by atoms with Gasteiger partial charge in [0.15, 0.2) is 5.75 Å². The summed E-state index contributed by atoms with van der Waals surface area (Å²) in [6, 6.07) is 19.7. The van der Waals surface area contributed by atoms with Crippen LogP contribution in [0.25, 0.3) is 22.0 Å². The molecule has 2 N–H and O–H groups in total. The van der Waals surface area contributed by atoms with Crippen LogP contribution < -0.4 is 19.5 Å². The molecule has 16 heteroatoms. The van der Waals surface area contributed by atoms with E-state index in [0.29, 0.717) is 60.2 Å². The van der Waals surface area contributed by atoms with Crippen molar-refractivity contribution in [2.45, 2.75) is 44.4 Å². The maximum absolute atomic E-state index is 13.8. The lowest BCUT2D eigenvalue weighted by Crippen LogP contribution is -2.41. The summed E-state index contributed by atoms with van der Waals surface area (Å²) < 4.78 is 72.1. The Hall–Kier alpha value is -5.13. The van der Waals surface area contributed by atoms with Crippen molar-refractivity contribution < 1.29 is 35.8 Å². The third-order valence-corrected chi connectivity index (χ3v) is 12.6. The van der Waals surface area contributed by atoms with E-state index in [0.717, 1.165) is 47.0 Å². The molecule has 0 bridgehead atoms. The Balaban J connectivity index is 1.22. The number of ether oxygens (including phenoxy) is 3. The van der Waals surface area contributed by atoms with Crippen LogP contribution in [0.4, 0.5) is 11.4 Å². The molecule has 59 heavy (non-hydrogen) atoms. The molecule has 14 nitrogen and oxygen atoms in total. The topological polar surface area (TPSA) is 169 Å². The second-order valence-corrected chi connectivity index (χ2v) is 19.5. The molecule has 0 atom stereocenters. The molecular weight excluding hydrogens is 793 g/mol. The van der Waals surface area contributed by atoms with Crippen LogP contribution in [0.5, 0.6) is 11.5 Å². The number of hydrogen-bond acceptors (Lipinski definition) is 11. The first kappa shape index (κ1) is 43.4. The van der Waals surface area contributed by atoms with Gasteiger partial charge in [0, 0.05) is 62.9 Å². The third-order valence-electron chi connectivity index (χ3n) is 10.2. The Morgan fingerprint density at radius 2 is 1.66 bits per heavy atom. The quantitative estimate of drug-likeness (QED) is 0.133. The number of methoxy groups -OCH3 is 2. The van der Waals surface area contributed by atoms with Crippen LogP contribution >= 0.6 is 0 Å². The molecule has 1 aliphatic rings. The first-order valence-corrected chi connectivity index (χ1v) is 22.5. The number of nitrogens with zero attached hydrogens (tertiary/aromatic N) is 4. The number of hydrogen-bond donors (Lipinski definition) is 2. The number of anilines is 2. The summed E-state index contributed by atoms with van der Waals surface area (Å²) >= 11 is 0. The molecular formula is C43H52N6O8S2. The first-order valence-electron chi connectivity index (χ1n) is 19.2. The Kier molecular flexibility index (Phi) is 13.0. The van der Waals surface area contributed by atoms with Gasteiger partial charge in [0.1, 0.15) is 11.6 Å². The Labute approximate surface area is 347 Å². The number of carbonyl (C=O) groups is 1. The van der Waals surface area contributed by atoms with E-state index in [1.807, 2.05) is 58.0 Å². The zero-order valence-electron chi connectivity index (χ0n) is 34.7. The lowest BCUT2D eigenvalue weighted by atomic mass is 9.86. The first-order chi connectivity index (χ1) is 27.8. The summed E-state index contributed by atoms with van der Waals surface area (Å²) in [5.41, 5.74) is 5.41. The molecule has 1 saturated heterocycles. The van der Waals surface area contributed by atoms with Crippen molar-refractivity contribution in [3.05, 3.63) is 101 Å². The van der Waals surface area contributed by atoms with E-state index in [1.165, 1.54) is 24.6 Å². The highest BCUT2D eigenvalue weighted by Gasteiger charge is 2.25. The summed E-state index contributed by atoms with van der Waals surface area (Å²) in [5, 5.41) is 3.73. The van der Waals surface area contributed by atoms with Gasteiger partial charge in [-0.2, -0.15) is 4.31 Å². The minimum Gasteiger partial charge on any atom is -0.497 e. The molecule has 1 fully saturated rings. The lowest BCUT2D eigenvalue weighted by molar-refractivity contribution is 0.0368. The lowest BCUT2D eigenvalue weighted by Gasteiger charge is -2.28. The molecule has 1 aliphatic heterocycles. The number of rotatable bonds is 14. The van der Waals surface area contributed by atoms with Crippen LogP contribution in [0, 0.1) is 6.92 Å². The van der Waals surface area contributed by atoms with Crippen LogP contribution in [0.15, 0.2) is 77.8 Å². The minimum atomic E-state index is -3.80. The van der Waals surface area contributed by atoms with E-state index in [-0.39, 0.29) is 28.2 Å². The highest BCUT2D eigenvalue weighted by atomic mass is 32.2. The average molecular weight is 845 g/mol. The molecule has 5 aromatic rings. The highest BCUT2D eigenvalue weighted by molar-refractivity contribution is 7.92. The third kappa shape index (κ3) is 10.6. The van der Waals surface area contributed by atoms with Gasteiger partial charge in [0.05, 0.1) is 55.5 Å². The molecule has 6 rings (SSSR count). The van der Waals surface area contributed by atoms with E-state index >= 15 is 0 Å². The van der Waals surface area contributed by atoms with Gasteiger partial charge >= 0.3 is 0 Å². The molecule has 314 valence electrons. The number of likely N-dealkylation sites (N-methyl/N-ethyl adjacent to an activating group) is 1. The second kappa shape index (κ2) is 17.6. The van der Waals surface area contributed by atoms with E-state index in [4.69, 9.17) is 19.2 Å². The van der Waals surface area contributed by atoms with Gasteiger partial charge in [-0.1, -0.05) is 32.9 Å². The van der Waals surface area contributed by atoms with Gasteiger partial charge in [-0.15, -0.1) is 0 Å². The van der Waals surface area contributed by atoms with E-state index in [1.54, 1.807) is 43.6 Å². The highest BCUT2D eigenvalue weighted by Crippen LogP contribution is 2.39. The zero-order valence-corrected chi connectivity index (χ0v) is 36.4. The zero-order chi connectivity index (χ0) is 42.7. The van der Waals surface area contributed by atoms with Crippen molar-refractivity contribution in [2.75, 3.05) is 77.0 Å². The summed E-state index contributed by atoms with van der Waals surface area (Å²) in [6.45, 7) is 11.7. The van der Waals surface area contributed by atoms with Crippen LogP contribution in [0.2, 0.25) is 0 Å². The minimum absolute atomic E-state index is 0.138. The van der Waals surface area contributed by atoms with E-state index in [9.17, 15) is 21.6 Å². The molecule has 0 unspecified atom stereocenters. The predicted molar refractivity (Wildman–Crippen MR) is 231 cm³/mol. The number of sulfonamides is 2. The van der Waals surface area contributed by atoms with Crippen molar-refractivity contribution in [1.82, 2.24) is 19.2 Å². The number of aromatic nitrogens is 2. The second-order valence-electron chi connectivity index (χ2n) is 15.7. The Morgan fingerprint density at radius 1 is 0.932 bits per heavy atom. The molecule has 1 amide bonds. The monoisotopic (exact) mass is 844 g/mol. The average Bonchev–Trinajstić information content (AvgIpc) is 3.19.